The van der Waals surface area contributed by atoms with E-state index in [4.69, 9.17) is 29.9 Å². The summed E-state index contributed by atoms with van der Waals surface area (Å²) < 4.78 is 9.91. The summed E-state index contributed by atoms with van der Waals surface area (Å²) in [6.07, 6.45) is 0. The van der Waals surface area contributed by atoms with Crippen molar-refractivity contribution < 1.29 is 0 Å². The fourth-order valence-corrected chi connectivity index (χ4v) is 18.3. The lowest BCUT2D eigenvalue weighted by Crippen LogP contribution is -2.02. The first-order valence-corrected chi connectivity index (χ1v) is 37.2. The Balaban J connectivity index is 0.753. The average molecular weight is 1390 g/mol. The molecule has 0 aliphatic rings. The van der Waals surface area contributed by atoms with Gasteiger partial charge in [0.05, 0.1) is 42.8 Å². The van der Waals surface area contributed by atoms with Gasteiger partial charge in [0.2, 0.25) is 0 Å². The van der Waals surface area contributed by atoms with Crippen molar-refractivity contribution in [3.05, 3.63) is 352 Å². The maximum Gasteiger partial charge on any atom is 0.164 e. The van der Waals surface area contributed by atoms with Crippen LogP contribution < -0.4 is 0 Å². The molecule has 15 aromatic carbocycles. The van der Waals surface area contributed by atoms with Crippen LogP contribution >= 0.6 is 22.7 Å². The molecular weight excluding hydrogens is 1330 g/mol. The Kier molecular flexibility index (Phi) is 14.5. The van der Waals surface area contributed by atoms with Crippen molar-refractivity contribution in [2.45, 2.75) is 0 Å². The monoisotopic (exact) mass is 1390 g/mol. The van der Waals surface area contributed by atoms with Gasteiger partial charge in [-0.25, -0.2) is 29.9 Å². The lowest BCUT2D eigenvalue weighted by Gasteiger charge is -2.19. The third-order valence-electron chi connectivity index (χ3n) is 20.6. The zero-order valence-electron chi connectivity index (χ0n) is 56.9. The summed E-state index contributed by atoms with van der Waals surface area (Å²) in [6, 6.07) is 126. The van der Waals surface area contributed by atoms with E-state index in [9.17, 15) is 0 Å². The van der Waals surface area contributed by atoms with E-state index in [0.717, 1.165) is 117 Å². The summed E-state index contributed by atoms with van der Waals surface area (Å²) >= 11 is 3.71. The zero-order valence-corrected chi connectivity index (χ0v) is 58.5. The standard InChI is InChI=1S/C96H58N8S2/c1-6-27-59(28-7-1)68-39-16-17-40-69(68)78-57-67(50-54-83(78)104-80-45-22-18-41-70(80)73-51-52-74-72-43-20-24-47-84(72)105-89(74)87(73)104)96-101-93(63-35-14-5-15-36-63)98-94(102-96)65-38-26-37-64(55-65)77-58-79-71-42-19-23-46-81(71)103(88(79)90-86(77)75-44-21-25-48-85(75)106-90)82-53-49-66(56-76(82)60-29-8-2-9-30-60)95-99-91(61-31-10-3-11-32-61)97-92(100-95)62-33-12-4-13-34-62/h1-58H. The van der Waals surface area contributed by atoms with Crippen molar-refractivity contribution in [3.63, 3.8) is 0 Å². The van der Waals surface area contributed by atoms with E-state index in [1.807, 2.05) is 77.3 Å². The first-order valence-electron chi connectivity index (χ1n) is 35.6. The molecule has 10 heteroatoms. The molecule has 0 unspecified atom stereocenters. The van der Waals surface area contributed by atoms with Gasteiger partial charge in [0, 0.05) is 97.0 Å². The second kappa shape index (κ2) is 25.1. The van der Waals surface area contributed by atoms with E-state index in [0.29, 0.717) is 34.9 Å². The van der Waals surface area contributed by atoms with Crippen LogP contribution in [-0.2, 0) is 0 Å². The van der Waals surface area contributed by atoms with Crippen LogP contribution in [0.15, 0.2) is 352 Å². The van der Waals surface area contributed by atoms with Gasteiger partial charge in [-0.2, -0.15) is 0 Å². The molecule has 0 saturated heterocycles. The van der Waals surface area contributed by atoms with E-state index in [2.05, 4.69) is 306 Å². The van der Waals surface area contributed by atoms with Crippen molar-refractivity contribution >= 4 is 107 Å². The fraction of sp³-hybridized carbons (Fsp3) is 0. The predicted octanol–water partition coefficient (Wildman–Crippen LogP) is 25.7. The number of hydrogen-bond acceptors (Lipinski definition) is 8. The van der Waals surface area contributed by atoms with Gasteiger partial charge in [-0.05, 0) is 106 Å². The van der Waals surface area contributed by atoms with Crippen LogP contribution in [0.1, 0.15) is 0 Å². The normalized spacial score (nSPS) is 11.8. The molecular formula is C96H58N8S2. The van der Waals surface area contributed by atoms with Crippen molar-refractivity contribution in [1.29, 1.82) is 0 Å². The first-order chi connectivity index (χ1) is 52.6. The van der Waals surface area contributed by atoms with Gasteiger partial charge in [-0.1, -0.05) is 279 Å². The fourth-order valence-electron chi connectivity index (χ4n) is 15.8. The molecule has 6 heterocycles. The number of fused-ring (bicyclic) bond motifs is 14. The second-order valence-electron chi connectivity index (χ2n) is 26.8. The van der Waals surface area contributed by atoms with Crippen LogP contribution in [0.4, 0.5) is 0 Å². The van der Waals surface area contributed by atoms with Gasteiger partial charge < -0.3 is 9.13 Å². The molecule has 106 heavy (non-hydrogen) atoms. The van der Waals surface area contributed by atoms with Gasteiger partial charge >= 0.3 is 0 Å². The van der Waals surface area contributed by atoms with Crippen LogP contribution in [-0.4, -0.2) is 39.0 Å². The number of thiophene rings is 2. The molecule has 0 aliphatic heterocycles. The lowest BCUT2D eigenvalue weighted by molar-refractivity contribution is 1.07. The van der Waals surface area contributed by atoms with Crippen LogP contribution in [0.25, 0.3) is 208 Å². The largest absolute Gasteiger partial charge is 0.307 e. The lowest BCUT2D eigenvalue weighted by atomic mass is 9.92. The molecule has 21 aromatic rings. The van der Waals surface area contributed by atoms with Crippen LogP contribution in [0, 0.1) is 0 Å². The predicted molar refractivity (Wildman–Crippen MR) is 442 cm³/mol. The molecule has 494 valence electrons. The van der Waals surface area contributed by atoms with Gasteiger partial charge in [0.15, 0.2) is 34.9 Å². The van der Waals surface area contributed by atoms with Crippen LogP contribution in [0.2, 0.25) is 0 Å². The van der Waals surface area contributed by atoms with E-state index in [-0.39, 0.29) is 0 Å². The summed E-state index contributed by atoms with van der Waals surface area (Å²) in [4.78, 5) is 32.0. The molecule has 0 spiro atoms. The molecule has 6 aromatic heterocycles. The summed E-state index contributed by atoms with van der Waals surface area (Å²) in [5.41, 5.74) is 20.7. The highest BCUT2D eigenvalue weighted by Gasteiger charge is 2.27. The summed E-state index contributed by atoms with van der Waals surface area (Å²) in [5, 5.41) is 9.59. The van der Waals surface area contributed by atoms with Gasteiger partial charge in [0.1, 0.15) is 0 Å². The first kappa shape index (κ1) is 61.1. The van der Waals surface area contributed by atoms with Gasteiger partial charge in [-0.3, -0.25) is 0 Å². The third kappa shape index (κ3) is 10.2. The van der Waals surface area contributed by atoms with E-state index in [1.165, 1.54) is 56.6 Å². The molecule has 0 aliphatic carbocycles. The number of benzene rings is 15. The Labute approximate surface area is 617 Å². The maximum atomic E-state index is 5.59. The van der Waals surface area contributed by atoms with E-state index in [1.54, 1.807) is 0 Å². The molecule has 21 rings (SSSR count). The van der Waals surface area contributed by atoms with Crippen molar-refractivity contribution in [2.75, 3.05) is 0 Å². The van der Waals surface area contributed by atoms with E-state index >= 15 is 0 Å². The topological polar surface area (TPSA) is 87.2 Å². The highest BCUT2D eigenvalue weighted by molar-refractivity contribution is 7.27. The third-order valence-corrected chi connectivity index (χ3v) is 23.0. The minimum atomic E-state index is 0.568. The molecule has 0 saturated carbocycles. The van der Waals surface area contributed by atoms with Crippen LogP contribution in [0.3, 0.4) is 0 Å². The van der Waals surface area contributed by atoms with Gasteiger partial charge in [-0.15, -0.1) is 22.7 Å². The van der Waals surface area contributed by atoms with Gasteiger partial charge in [0.25, 0.3) is 0 Å². The summed E-state index contributed by atoms with van der Waals surface area (Å²) in [7, 11) is 0. The van der Waals surface area contributed by atoms with Crippen molar-refractivity contribution in [3.8, 4) is 124 Å². The number of nitrogens with zero attached hydrogens (tertiary/aromatic N) is 8. The number of para-hydroxylation sites is 2. The Hall–Kier alpha value is -13.6. The quantitative estimate of drug-likeness (QED) is 0.121. The Morgan fingerprint density at radius 2 is 0.575 bits per heavy atom. The Bertz CT molecular complexity index is 7010. The van der Waals surface area contributed by atoms with Crippen molar-refractivity contribution in [1.82, 2.24) is 39.0 Å². The average Bonchev–Trinajstić information content (AvgIpc) is 1.55. The molecule has 0 N–H and O–H groups in total. The molecule has 0 amide bonds. The Morgan fingerprint density at radius 1 is 0.198 bits per heavy atom. The van der Waals surface area contributed by atoms with E-state index < -0.39 is 0 Å². The number of hydrogen-bond donors (Lipinski definition) is 0. The highest BCUT2D eigenvalue weighted by Crippen LogP contribution is 2.51. The second-order valence-corrected chi connectivity index (χ2v) is 28.9. The molecule has 0 bridgehead atoms. The molecule has 0 radical (unpaired) electrons. The number of rotatable bonds is 12. The summed E-state index contributed by atoms with van der Waals surface area (Å²) in [5.74, 6) is 3.55. The smallest absolute Gasteiger partial charge is 0.164 e. The van der Waals surface area contributed by atoms with Crippen molar-refractivity contribution in [2.24, 2.45) is 0 Å². The Morgan fingerprint density at radius 3 is 1.14 bits per heavy atom. The minimum Gasteiger partial charge on any atom is -0.307 e. The van der Waals surface area contributed by atoms with Crippen LogP contribution in [0.5, 0.6) is 0 Å². The zero-order chi connectivity index (χ0) is 69.8. The minimum absolute atomic E-state index is 0.568. The molecule has 8 nitrogen and oxygen atoms in total. The maximum absolute atomic E-state index is 5.59. The SMILES string of the molecule is c1ccc(-c2nc(-c3cccc(-c4cc5c6ccccc6n(-c6ccc(-c7nc(-c8ccccc8)nc(-c8ccccc8)n7)cc6-c6ccccc6)c5c5sc6ccccc6c45)c3)nc(-c3ccc(-n4c5ccccc5c5ccc6c7ccccc7sc6c54)c(-c4ccccc4-c4ccccc4)c3)n2)cc1. The highest BCUT2D eigenvalue weighted by atomic mass is 32.1. The molecule has 0 atom stereocenters. The summed E-state index contributed by atoms with van der Waals surface area (Å²) in [6.45, 7) is 0. The number of aromatic nitrogens is 8. The molecule has 0 fully saturated rings.